The number of hydrogen-bond acceptors (Lipinski definition) is 27. The van der Waals surface area contributed by atoms with Crippen LogP contribution in [0.5, 0.6) is 34.5 Å². The first kappa shape index (κ1) is 76.7. The van der Waals surface area contributed by atoms with E-state index in [-0.39, 0.29) is 118 Å². The molecule has 6 amide bonds. The Bertz CT molecular complexity index is 3980. The fourth-order valence-electron chi connectivity index (χ4n) is 12.6. The number of anilines is 2. The van der Waals surface area contributed by atoms with Crippen molar-refractivity contribution in [3.05, 3.63) is 118 Å². The van der Waals surface area contributed by atoms with Crippen molar-refractivity contribution >= 4 is 59.1 Å². The van der Waals surface area contributed by atoms with E-state index in [1.165, 1.54) is 91.8 Å². The number of hydrogen-bond donors (Lipinski definition) is 12. The lowest BCUT2D eigenvalue weighted by Gasteiger charge is -2.38. The number of carbonyl (C=O) groups excluding carboxylic acids is 6. The standard InChI is InChI=1S/C69H82N6O29/c1-31(2)71-59(83)39-22-35(12-14-45(39)102-67-55(81)51(77)53(79)57(104-67)65(90)91)30-100-69(93)75-41-26-49(47(96-7)24-37(41)61(85)73-28-33(4)20-43(73)63(75)87)98-17-10-8-9-16-97-48-25-40-36(23-46(48)95-6)60(84)72-27-32(3)19-42(72)62(86)74(40)68(92)99-29-34-11-13-44(38(21-34)58(82)70-15-18-94-5)101-66-54(80)50(76)52(78)56(103-66)64(88)89/h11-14,21-28,31,42-43,50-57,62-63,66-67,76-81,86-87H,8-10,15-20,29-30H2,1-7H3,(H,70,82)(H,71,83)(H,88,89)(H,90,91)/t42?,43-,50-,51-,52-,53-,54+,55+,56-,57-,62?,63?,66+,67+/m0/s1. The molecule has 0 aromatic heterocycles. The summed E-state index contributed by atoms with van der Waals surface area (Å²) in [6.45, 7) is 5.91. The highest BCUT2D eigenvalue weighted by Gasteiger charge is 2.51. The summed E-state index contributed by atoms with van der Waals surface area (Å²) < 4.78 is 62.6. The Morgan fingerprint density at radius 3 is 1.35 bits per heavy atom. The number of nitrogens with one attached hydrogen (secondary N) is 2. The van der Waals surface area contributed by atoms with Gasteiger partial charge in [0.1, 0.15) is 61.3 Å². The third kappa shape index (κ3) is 16.2. The maximum Gasteiger partial charge on any atom is 0.416 e. The van der Waals surface area contributed by atoms with Crippen LogP contribution in [0.1, 0.15) is 112 Å². The monoisotopic (exact) mass is 1460 g/mol. The van der Waals surface area contributed by atoms with Crippen molar-refractivity contribution in [2.45, 2.75) is 165 Å². The van der Waals surface area contributed by atoms with Crippen LogP contribution >= 0.6 is 0 Å². The second-order valence-electron chi connectivity index (χ2n) is 25.6. The van der Waals surface area contributed by atoms with E-state index in [0.29, 0.717) is 19.3 Å². The minimum atomic E-state index is -2.03. The van der Waals surface area contributed by atoms with Gasteiger partial charge in [-0.1, -0.05) is 23.3 Å². The van der Waals surface area contributed by atoms with Crippen LogP contribution < -0.4 is 48.9 Å². The number of methoxy groups -OCH3 is 3. The van der Waals surface area contributed by atoms with Crippen LogP contribution in [0.25, 0.3) is 0 Å². The van der Waals surface area contributed by atoms with Gasteiger partial charge in [-0.3, -0.25) is 19.2 Å². The van der Waals surface area contributed by atoms with Gasteiger partial charge in [-0.25, -0.2) is 29.0 Å². The Balaban J connectivity index is 0.824. The number of amides is 6. The summed E-state index contributed by atoms with van der Waals surface area (Å²) in [4.78, 5) is 113. The summed E-state index contributed by atoms with van der Waals surface area (Å²) in [5.74, 6) is -6.18. The minimum Gasteiger partial charge on any atom is -0.493 e. The molecule has 0 radical (unpaired) electrons. The second-order valence-corrected chi connectivity index (χ2v) is 25.6. The highest BCUT2D eigenvalue weighted by Crippen LogP contribution is 2.45. The lowest BCUT2D eigenvalue weighted by Crippen LogP contribution is -2.61. The van der Waals surface area contributed by atoms with Gasteiger partial charge in [-0.15, -0.1) is 0 Å². The number of unbranched alkanes of at least 4 members (excludes halogenated alkanes) is 2. The molecule has 0 spiro atoms. The Kier molecular flexibility index (Phi) is 24.2. The third-order valence-corrected chi connectivity index (χ3v) is 17.8. The largest absolute Gasteiger partial charge is 0.493 e. The van der Waals surface area contributed by atoms with Crippen molar-refractivity contribution < 1.29 is 142 Å². The SMILES string of the molecule is COCCNC(=O)c1cc(COC(=O)N2c3cc(OCCCCCOc4cc5c(cc4OC)C(=O)N4C=C(C)C[C@H]4C(O)N5C(=O)OCc4ccc(O[C@@H]5O[C@H](C(=O)O)[C@@H](O)[C@H](O)[C@H]5O)c(C(=O)NC(C)C)c4)c(OC)cc3C(=O)N3C=C(C)CC3C2O)ccc1O[C@@H]1O[C@H](C(=O)O)[C@@H](O)[C@H](O)[C@H]1O. The van der Waals surface area contributed by atoms with Crippen molar-refractivity contribution in [2.24, 2.45) is 0 Å². The molecular formula is C69H82N6O29. The van der Waals surface area contributed by atoms with Gasteiger partial charge in [0.25, 0.3) is 23.6 Å². The summed E-state index contributed by atoms with van der Waals surface area (Å²) in [5, 5.41) is 111. The Labute approximate surface area is 593 Å². The molecule has 6 heterocycles. The average molecular weight is 1460 g/mol. The van der Waals surface area contributed by atoms with Crippen molar-refractivity contribution in [3.8, 4) is 34.5 Å². The van der Waals surface area contributed by atoms with Gasteiger partial charge in [0.15, 0.2) is 47.7 Å². The molecule has 2 saturated heterocycles. The highest BCUT2D eigenvalue weighted by molar-refractivity contribution is 6.08. The van der Waals surface area contributed by atoms with Gasteiger partial charge in [-0.05, 0) is 107 Å². The van der Waals surface area contributed by atoms with E-state index in [9.17, 15) is 89.4 Å². The maximum absolute atomic E-state index is 14.5. The number of aliphatic hydroxyl groups is 8. The molecule has 104 heavy (non-hydrogen) atoms. The van der Waals surface area contributed by atoms with Crippen LogP contribution in [0.4, 0.5) is 21.0 Å². The molecule has 4 aromatic carbocycles. The first-order valence-corrected chi connectivity index (χ1v) is 33.1. The van der Waals surface area contributed by atoms with E-state index in [1.54, 1.807) is 40.1 Å². The molecule has 2 fully saturated rings. The second kappa shape index (κ2) is 32.8. The number of rotatable bonds is 26. The van der Waals surface area contributed by atoms with E-state index >= 15 is 0 Å². The number of aliphatic carboxylic acids is 2. The zero-order chi connectivity index (χ0) is 75.3. The molecule has 562 valence electrons. The third-order valence-electron chi connectivity index (χ3n) is 17.8. The summed E-state index contributed by atoms with van der Waals surface area (Å²) in [7, 11) is 4.10. The van der Waals surface area contributed by atoms with Gasteiger partial charge >= 0.3 is 24.1 Å². The van der Waals surface area contributed by atoms with Crippen LogP contribution in [-0.2, 0) is 46.5 Å². The van der Waals surface area contributed by atoms with Crippen LogP contribution in [0.15, 0.2) is 84.2 Å². The number of fused-ring (bicyclic) bond motifs is 4. The van der Waals surface area contributed by atoms with Crippen molar-refractivity contribution in [1.29, 1.82) is 0 Å². The van der Waals surface area contributed by atoms with Gasteiger partial charge in [0, 0.05) is 44.2 Å². The normalized spacial score (nSPS) is 25.6. The number of nitrogens with zero attached hydrogens (tertiary/aromatic N) is 4. The molecule has 14 atom stereocenters. The molecule has 0 saturated carbocycles. The summed E-state index contributed by atoms with van der Waals surface area (Å²) in [6.07, 6.45) is -20.8. The van der Waals surface area contributed by atoms with E-state index in [2.05, 4.69) is 10.6 Å². The average Bonchev–Trinajstić information content (AvgIpc) is 1.59. The molecule has 3 unspecified atom stereocenters. The fraction of sp³-hybridized carbons (Fsp3) is 0.478. The van der Waals surface area contributed by atoms with Gasteiger partial charge in [0.2, 0.25) is 12.6 Å². The van der Waals surface area contributed by atoms with Crippen LogP contribution in [0, 0.1) is 0 Å². The van der Waals surface area contributed by atoms with Gasteiger partial charge in [0.05, 0.1) is 79.8 Å². The van der Waals surface area contributed by atoms with Crippen molar-refractivity contribution in [1.82, 2.24) is 20.4 Å². The Morgan fingerprint density at radius 2 is 0.952 bits per heavy atom. The number of carboxylic acids is 2. The quantitative estimate of drug-likeness (QED) is 0.0397. The molecule has 6 aliphatic heterocycles. The fourth-order valence-corrected chi connectivity index (χ4v) is 12.6. The van der Waals surface area contributed by atoms with Crippen LogP contribution in [0.3, 0.4) is 0 Å². The summed E-state index contributed by atoms with van der Waals surface area (Å²) in [5.41, 5.74) is 1.03. The predicted octanol–water partition coefficient (Wildman–Crippen LogP) is 1.58. The first-order chi connectivity index (χ1) is 49.5. The zero-order valence-corrected chi connectivity index (χ0v) is 57.4. The minimum absolute atomic E-state index is 0.00752. The molecule has 10 rings (SSSR count). The number of ether oxygens (including phenoxy) is 11. The van der Waals surface area contributed by atoms with E-state index < -0.39 is 153 Å². The number of carboxylic acid groups (broad SMARTS) is 2. The van der Waals surface area contributed by atoms with Crippen LogP contribution in [0.2, 0.25) is 0 Å². The zero-order valence-electron chi connectivity index (χ0n) is 57.4. The molecule has 35 heteroatoms. The molecule has 0 bridgehead atoms. The maximum atomic E-state index is 14.5. The summed E-state index contributed by atoms with van der Waals surface area (Å²) in [6, 6.07) is 10.9. The molecule has 12 N–H and O–H groups in total. The molecule has 4 aromatic rings. The lowest BCUT2D eigenvalue weighted by atomic mass is 9.99. The number of carbonyl (C=O) groups is 8. The topological polar surface area (TPSA) is 477 Å². The first-order valence-electron chi connectivity index (χ1n) is 33.1. The molecule has 6 aliphatic rings. The lowest BCUT2D eigenvalue weighted by molar-refractivity contribution is -0.271. The molecular weight excluding hydrogens is 1380 g/mol. The Morgan fingerprint density at radius 1 is 0.529 bits per heavy atom. The van der Waals surface area contributed by atoms with Gasteiger partial charge in [-0.2, -0.15) is 0 Å². The number of aliphatic hydroxyl groups excluding tert-OH is 8. The predicted molar refractivity (Wildman–Crippen MR) is 354 cm³/mol. The van der Waals surface area contributed by atoms with Crippen molar-refractivity contribution in [2.75, 3.05) is 57.5 Å². The van der Waals surface area contributed by atoms with E-state index in [0.717, 1.165) is 20.9 Å². The van der Waals surface area contributed by atoms with Gasteiger partial charge < -0.3 is 124 Å². The smallest absolute Gasteiger partial charge is 0.416 e. The molecule has 35 nitrogen and oxygen atoms in total. The van der Waals surface area contributed by atoms with E-state index in [1.807, 2.05) is 0 Å². The van der Waals surface area contributed by atoms with E-state index in [4.69, 9.17) is 52.1 Å². The molecule has 0 aliphatic carbocycles. The Hall–Kier alpha value is -9.92. The van der Waals surface area contributed by atoms with Crippen molar-refractivity contribution in [3.63, 3.8) is 0 Å². The number of benzene rings is 4. The summed E-state index contributed by atoms with van der Waals surface area (Å²) >= 11 is 0. The highest BCUT2D eigenvalue weighted by atomic mass is 16.7. The van der Waals surface area contributed by atoms with Crippen LogP contribution in [-0.4, -0.2) is 248 Å².